The molecule has 0 aliphatic carbocycles. The third-order valence-electron chi connectivity index (χ3n) is 6.99. The predicted octanol–water partition coefficient (Wildman–Crippen LogP) is 5.93. The van der Waals surface area contributed by atoms with Gasteiger partial charge in [0.05, 0.1) is 28.7 Å². The Morgan fingerprint density at radius 1 is 0.925 bits per heavy atom. The van der Waals surface area contributed by atoms with Crippen molar-refractivity contribution in [2.75, 3.05) is 31.1 Å². The molecule has 2 aromatic carbocycles. The molecule has 8 nitrogen and oxygen atoms in total. The summed E-state index contributed by atoms with van der Waals surface area (Å²) in [7, 11) is 0. The molecule has 0 spiro atoms. The maximum atomic E-state index is 13.8. The lowest BCUT2D eigenvalue weighted by atomic mass is 10.0. The topological polar surface area (TPSA) is 79.5 Å². The van der Waals surface area contributed by atoms with Crippen LogP contribution in [0.1, 0.15) is 10.4 Å². The SMILES string of the molecule is O=C(c1cc(-c2cccnc2)nc2c(Br)cccc12)N1CCN(c2nn3cc(-c4ccc(F)cc4)nc3s2)CC1. The second kappa shape index (κ2) is 10.1. The monoisotopic (exact) mass is 613 g/mol. The first-order chi connectivity index (χ1) is 19.5. The fraction of sp³-hybridized carbons (Fsp3) is 0.138. The van der Waals surface area contributed by atoms with E-state index in [1.165, 1.54) is 23.5 Å². The molecule has 4 aromatic heterocycles. The van der Waals surface area contributed by atoms with Crippen LogP contribution in [0.3, 0.4) is 0 Å². The number of carbonyl (C=O) groups is 1. The number of hydrogen-bond donors (Lipinski definition) is 0. The second-order valence-electron chi connectivity index (χ2n) is 9.46. The molecule has 0 unspecified atom stereocenters. The first kappa shape index (κ1) is 24.8. The lowest BCUT2D eigenvalue weighted by Gasteiger charge is -2.34. The molecule has 198 valence electrons. The normalized spacial score (nSPS) is 13.8. The molecule has 1 amide bonds. The van der Waals surface area contributed by atoms with Crippen molar-refractivity contribution in [3.05, 3.63) is 95.1 Å². The van der Waals surface area contributed by atoms with Gasteiger partial charge in [0.15, 0.2) is 0 Å². The Hall–Kier alpha value is -4.22. The van der Waals surface area contributed by atoms with Crippen LogP contribution in [0.2, 0.25) is 0 Å². The van der Waals surface area contributed by atoms with E-state index in [-0.39, 0.29) is 11.7 Å². The van der Waals surface area contributed by atoms with Crippen molar-refractivity contribution in [2.24, 2.45) is 0 Å². The van der Waals surface area contributed by atoms with Crippen molar-refractivity contribution < 1.29 is 9.18 Å². The standard InChI is InChI=1S/C29H21BrFN7OS/c30-23-5-1-4-21-22(15-24(33-26(21)23)19-3-2-10-32-16-19)27(39)36-11-13-37(14-12-36)29-35-38-17-25(34-28(38)40-29)18-6-8-20(31)9-7-18/h1-10,15-17H,11-14H2. The molecule has 0 bridgehead atoms. The number of pyridine rings is 2. The van der Waals surface area contributed by atoms with E-state index < -0.39 is 0 Å². The number of halogens is 2. The minimum Gasteiger partial charge on any atom is -0.343 e. The van der Waals surface area contributed by atoms with Gasteiger partial charge in [0.1, 0.15) is 5.82 Å². The van der Waals surface area contributed by atoms with Crippen molar-refractivity contribution in [3.8, 4) is 22.5 Å². The minimum atomic E-state index is -0.276. The molecule has 11 heteroatoms. The number of para-hydroxylation sites is 1. The van der Waals surface area contributed by atoms with Gasteiger partial charge >= 0.3 is 0 Å². The third-order valence-corrected chi connectivity index (χ3v) is 8.61. The predicted molar refractivity (Wildman–Crippen MR) is 157 cm³/mol. The Morgan fingerprint density at radius 3 is 2.50 bits per heavy atom. The summed E-state index contributed by atoms with van der Waals surface area (Å²) in [4.78, 5) is 32.4. The molecule has 0 saturated carbocycles. The third kappa shape index (κ3) is 4.50. The number of rotatable bonds is 4. The van der Waals surface area contributed by atoms with Crippen molar-refractivity contribution in [3.63, 3.8) is 0 Å². The van der Waals surface area contributed by atoms with Gasteiger partial charge in [0.25, 0.3) is 5.91 Å². The van der Waals surface area contributed by atoms with Crippen LogP contribution in [-0.4, -0.2) is 61.6 Å². The van der Waals surface area contributed by atoms with Crippen LogP contribution in [0, 0.1) is 5.82 Å². The highest BCUT2D eigenvalue weighted by Crippen LogP contribution is 2.31. The van der Waals surface area contributed by atoms with E-state index in [1.54, 1.807) is 29.0 Å². The van der Waals surface area contributed by atoms with Crippen LogP contribution in [0.15, 0.2) is 83.7 Å². The molecule has 0 N–H and O–H groups in total. The van der Waals surface area contributed by atoms with Gasteiger partial charge in [-0.15, -0.1) is 5.10 Å². The molecule has 1 aliphatic rings. The van der Waals surface area contributed by atoms with E-state index >= 15 is 0 Å². The zero-order chi connectivity index (χ0) is 27.2. The number of amides is 1. The van der Waals surface area contributed by atoms with Gasteiger partial charge in [-0.2, -0.15) is 0 Å². The number of anilines is 1. The number of piperazine rings is 1. The number of imidazole rings is 1. The van der Waals surface area contributed by atoms with Crippen LogP contribution in [0.25, 0.3) is 38.4 Å². The zero-order valence-corrected chi connectivity index (χ0v) is 23.4. The highest BCUT2D eigenvalue weighted by atomic mass is 79.9. The average molecular weight is 615 g/mol. The van der Waals surface area contributed by atoms with E-state index in [0.29, 0.717) is 37.4 Å². The Morgan fingerprint density at radius 2 is 1.75 bits per heavy atom. The first-order valence-corrected chi connectivity index (χ1v) is 14.3. The number of nitrogens with zero attached hydrogens (tertiary/aromatic N) is 7. The highest BCUT2D eigenvalue weighted by molar-refractivity contribution is 9.10. The maximum absolute atomic E-state index is 13.8. The number of fused-ring (bicyclic) bond motifs is 2. The fourth-order valence-electron chi connectivity index (χ4n) is 4.90. The fourth-order valence-corrected chi connectivity index (χ4v) is 6.29. The van der Waals surface area contributed by atoms with Gasteiger partial charge < -0.3 is 9.80 Å². The summed E-state index contributed by atoms with van der Waals surface area (Å²) in [5.41, 5.74) is 4.53. The van der Waals surface area contributed by atoms with E-state index in [2.05, 4.69) is 30.8 Å². The summed E-state index contributed by atoms with van der Waals surface area (Å²) >= 11 is 5.11. The van der Waals surface area contributed by atoms with Gasteiger partial charge in [-0.1, -0.05) is 23.5 Å². The molecule has 1 fully saturated rings. The summed E-state index contributed by atoms with van der Waals surface area (Å²) in [5.74, 6) is -0.296. The summed E-state index contributed by atoms with van der Waals surface area (Å²) in [6.45, 7) is 2.47. The highest BCUT2D eigenvalue weighted by Gasteiger charge is 2.26. The molecular formula is C29H21BrFN7OS. The Bertz CT molecular complexity index is 1830. The Labute approximate surface area is 240 Å². The van der Waals surface area contributed by atoms with Crippen LogP contribution in [0.5, 0.6) is 0 Å². The Balaban J connectivity index is 1.11. The zero-order valence-electron chi connectivity index (χ0n) is 21.0. The first-order valence-electron chi connectivity index (χ1n) is 12.7. The van der Waals surface area contributed by atoms with E-state index in [9.17, 15) is 9.18 Å². The van der Waals surface area contributed by atoms with Crippen molar-refractivity contribution >= 4 is 54.2 Å². The van der Waals surface area contributed by atoms with Crippen LogP contribution >= 0.6 is 27.3 Å². The molecule has 6 aromatic rings. The van der Waals surface area contributed by atoms with E-state index in [1.807, 2.05) is 47.5 Å². The maximum Gasteiger partial charge on any atom is 0.254 e. The van der Waals surface area contributed by atoms with Crippen LogP contribution in [0.4, 0.5) is 9.52 Å². The average Bonchev–Trinajstić information content (AvgIpc) is 3.58. The second-order valence-corrected chi connectivity index (χ2v) is 11.2. The summed E-state index contributed by atoms with van der Waals surface area (Å²) in [5, 5.41) is 6.40. The number of hydrogen-bond acceptors (Lipinski definition) is 7. The molecule has 0 radical (unpaired) electrons. The minimum absolute atomic E-state index is 0.0202. The van der Waals surface area contributed by atoms with Crippen LogP contribution in [-0.2, 0) is 0 Å². The smallest absolute Gasteiger partial charge is 0.254 e. The van der Waals surface area contributed by atoms with Crippen LogP contribution < -0.4 is 4.90 Å². The number of carbonyl (C=O) groups excluding carboxylic acids is 1. The quantitative estimate of drug-likeness (QED) is 0.245. The lowest BCUT2D eigenvalue weighted by Crippen LogP contribution is -2.48. The van der Waals surface area contributed by atoms with E-state index in [0.717, 1.165) is 42.3 Å². The van der Waals surface area contributed by atoms with Gasteiger partial charge in [0, 0.05) is 59.6 Å². The molecule has 5 heterocycles. The molecule has 0 atom stereocenters. The lowest BCUT2D eigenvalue weighted by molar-refractivity contribution is 0.0748. The molecule has 7 rings (SSSR count). The van der Waals surface area contributed by atoms with Gasteiger partial charge in [-0.05, 0) is 64.5 Å². The molecular weight excluding hydrogens is 593 g/mol. The number of aromatic nitrogens is 5. The summed E-state index contributed by atoms with van der Waals surface area (Å²) in [6, 6.07) is 17.7. The molecule has 1 saturated heterocycles. The Kier molecular flexibility index (Phi) is 6.24. The largest absolute Gasteiger partial charge is 0.343 e. The summed E-state index contributed by atoms with van der Waals surface area (Å²) < 4.78 is 15.9. The van der Waals surface area contributed by atoms with Gasteiger partial charge in [-0.3, -0.25) is 9.78 Å². The van der Waals surface area contributed by atoms with Crippen molar-refractivity contribution in [1.82, 2.24) is 29.5 Å². The van der Waals surface area contributed by atoms with Crippen molar-refractivity contribution in [2.45, 2.75) is 0 Å². The van der Waals surface area contributed by atoms with Gasteiger partial charge in [-0.25, -0.2) is 18.9 Å². The van der Waals surface area contributed by atoms with E-state index in [4.69, 9.17) is 10.1 Å². The molecule has 40 heavy (non-hydrogen) atoms. The van der Waals surface area contributed by atoms with Crippen molar-refractivity contribution in [1.29, 1.82) is 0 Å². The molecule has 1 aliphatic heterocycles. The summed E-state index contributed by atoms with van der Waals surface area (Å²) in [6.07, 6.45) is 5.33. The number of benzene rings is 2. The van der Waals surface area contributed by atoms with Gasteiger partial charge in [0.2, 0.25) is 10.1 Å².